The number of carbonyl (C=O) groups excluding carboxylic acids is 1. The zero-order valence-electron chi connectivity index (χ0n) is 7.87. The second kappa shape index (κ2) is 4.36. The van der Waals surface area contributed by atoms with E-state index in [0.29, 0.717) is 11.5 Å². The molecular weight excluding hydrogens is 186 g/mol. The maximum absolute atomic E-state index is 10.5. The van der Waals surface area contributed by atoms with Gasteiger partial charge in [0.1, 0.15) is 0 Å². The number of rotatable bonds is 3. The fourth-order valence-electron chi connectivity index (χ4n) is 1.01. The molecule has 0 fully saturated rings. The van der Waals surface area contributed by atoms with E-state index in [-0.39, 0.29) is 5.75 Å². The Kier molecular flexibility index (Phi) is 3.17. The van der Waals surface area contributed by atoms with Gasteiger partial charge in [-0.3, -0.25) is 0 Å². The first-order valence-corrected chi connectivity index (χ1v) is 3.83. The highest BCUT2D eigenvalue weighted by molar-refractivity contribution is 5.70. The van der Waals surface area contributed by atoms with E-state index in [1.54, 1.807) is 18.2 Å². The van der Waals surface area contributed by atoms with Crippen LogP contribution in [0.25, 0.3) is 0 Å². The summed E-state index contributed by atoms with van der Waals surface area (Å²) < 4.78 is 14.5. The Balaban J connectivity index is 3.12. The van der Waals surface area contributed by atoms with E-state index < -0.39 is 6.09 Å². The summed E-state index contributed by atoms with van der Waals surface area (Å²) in [6, 6.07) is 4.92. The van der Waals surface area contributed by atoms with Crippen LogP contribution < -0.4 is 19.9 Å². The van der Waals surface area contributed by atoms with Crippen LogP contribution >= 0.6 is 0 Å². The Morgan fingerprint density at radius 1 is 1.21 bits per heavy atom. The van der Waals surface area contributed by atoms with Crippen LogP contribution in [0.2, 0.25) is 0 Å². The van der Waals surface area contributed by atoms with Gasteiger partial charge in [-0.25, -0.2) is 10.5 Å². The van der Waals surface area contributed by atoms with E-state index in [9.17, 15) is 4.79 Å². The molecule has 0 heterocycles. The SMILES string of the molecule is COc1cccc(OC)c1OC([NH])=O. The minimum Gasteiger partial charge on any atom is -0.493 e. The molecule has 1 aromatic rings. The average molecular weight is 196 g/mol. The van der Waals surface area contributed by atoms with Gasteiger partial charge in [-0.1, -0.05) is 6.07 Å². The Bertz CT molecular complexity index is 315. The van der Waals surface area contributed by atoms with Crippen LogP contribution in [-0.4, -0.2) is 20.3 Å². The first-order chi connectivity index (χ1) is 6.69. The summed E-state index contributed by atoms with van der Waals surface area (Å²) in [4.78, 5) is 10.5. The van der Waals surface area contributed by atoms with E-state index in [2.05, 4.69) is 4.74 Å². The Morgan fingerprint density at radius 3 is 2.07 bits per heavy atom. The zero-order valence-corrected chi connectivity index (χ0v) is 7.87. The van der Waals surface area contributed by atoms with Crippen molar-refractivity contribution in [3.05, 3.63) is 18.2 Å². The van der Waals surface area contributed by atoms with Crippen molar-refractivity contribution in [1.29, 1.82) is 0 Å². The molecule has 0 aromatic heterocycles. The van der Waals surface area contributed by atoms with Crippen LogP contribution in [0.1, 0.15) is 0 Å². The second-order valence-corrected chi connectivity index (χ2v) is 2.38. The molecule has 5 nitrogen and oxygen atoms in total. The molecule has 1 rings (SSSR count). The van der Waals surface area contributed by atoms with Gasteiger partial charge in [-0.05, 0) is 12.1 Å². The van der Waals surface area contributed by atoms with Crippen molar-refractivity contribution < 1.29 is 19.0 Å². The molecule has 0 aliphatic rings. The molecule has 14 heavy (non-hydrogen) atoms. The van der Waals surface area contributed by atoms with Gasteiger partial charge >= 0.3 is 6.09 Å². The van der Waals surface area contributed by atoms with Crippen LogP contribution in [0.3, 0.4) is 0 Å². The van der Waals surface area contributed by atoms with Crippen molar-refractivity contribution in [1.82, 2.24) is 5.73 Å². The smallest absolute Gasteiger partial charge is 0.431 e. The molecule has 1 aromatic carbocycles. The number of amides is 1. The highest BCUT2D eigenvalue weighted by Gasteiger charge is 2.13. The molecule has 1 radical (unpaired) electrons. The minimum absolute atomic E-state index is 0.123. The van der Waals surface area contributed by atoms with E-state index in [1.165, 1.54) is 14.2 Å². The fraction of sp³-hybridized carbons (Fsp3) is 0.222. The predicted octanol–water partition coefficient (Wildman–Crippen LogP) is 1.49. The molecule has 0 aliphatic carbocycles. The van der Waals surface area contributed by atoms with Crippen molar-refractivity contribution >= 4 is 6.09 Å². The van der Waals surface area contributed by atoms with E-state index >= 15 is 0 Å². The predicted molar refractivity (Wildman–Crippen MR) is 48.7 cm³/mol. The Hall–Kier alpha value is -1.91. The molecule has 1 amide bonds. The lowest BCUT2D eigenvalue weighted by atomic mass is 10.3. The number of carbonyl (C=O) groups is 1. The van der Waals surface area contributed by atoms with Gasteiger partial charge in [0.25, 0.3) is 0 Å². The Labute approximate surface area is 81.4 Å². The third kappa shape index (κ3) is 2.07. The number of hydrogen-bond acceptors (Lipinski definition) is 4. The van der Waals surface area contributed by atoms with Gasteiger partial charge < -0.3 is 14.2 Å². The molecule has 1 N–H and O–H groups in total. The highest BCUT2D eigenvalue weighted by Crippen LogP contribution is 2.36. The minimum atomic E-state index is -1.16. The van der Waals surface area contributed by atoms with Crippen LogP contribution in [-0.2, 0) is 0 Å². The van der Waals surface area contributed by atoms with Crippen LogP contribution in [0, 0.1) is 0 Å². The van der Waals surface area contributed by atoms with E-state index in [0.717, 1.165) is 0 Å². The van der Waals surface area contributed by atoms with Crippen LogP contribution in [0.5, 0.6) is 17.2 Å². The van der Waals surface area contributed by atoms with Crippen molar-refractivity contribution in [2.45, 2.75) is 0 Å². The van der Waals surface area contributed by atoms with Gasteiger partial charge in [0.05, 0.1) is 14.2 Å². The maximum atomic E-state index is 10.5. The first kappa shape index (κ1) is 10.2. The van der Waals surface area contributed by atoms with Gasteiger partial charge in [0.2, 0.25) is 5.75 Å². The molecule has 0 spiro atoms. The molecule has 0 atom stereocenters. The number of benzene rings is 1. The third-order valence-electron chi connectivity index (χ3n) is 1.58. The first-order valence-electron chi connectivity index (χ1n) is 3.83. The van der Waals surface area contributed by atoms with Crippen molar-refractivity contribution in [3.63, 3.8) is 0 Å². The molecule has 0 bridgehead atoms. The topological polar surface area (TPSA) is 68.6 Å². The van der Waals surface area contributed by atoms with Crippen LogP contribution in [0.15, 0.2) is 18.2 Å². The average Bonchev–Trinajstić information content (AvgIpc) is 2.17. The zero-order chi connectivity index (χ0) is 10.6. The fourth-order valence-corrected chi connectivity index (χ4v) is 1.01. The lowest BCUT2D eigenvalue weighted by molar-refractivity contribution is 0.204. The van der Waals surface area contributed by atoms with E-state index in [1.807, 2.05) is 0 Å². The molecule has 0 saturated heterocycles. The maximum Gasteiger partial charge on any atom is 0.431 e. The largest absolute Gasteiger partial charge is 0.493 e. The lowest BCUT2D eigenvalue weighted by Crippen LogP contribution is -2.07. The van der Waals surface area contributed by atoms with Gasteiger partial charge in [0, 0.05) is 0 Å². The third-order valence-corrected chi connectivity index (χ3v) is 1.58. The quantitative estimate of drug-likeness (QED) is 0.734. The Morgan fingerprint density at radius 2 is 1.71 bits per heavy atom. The summed E-state index contributed by atoms with van der Waals surface area (Å²) >= 11 is 0. The summed E-state index contributed by atoms with van der Waals surface area (Å²) in [6.07, 6.45) is -1.16. The summed E-state index contributed by atoms with van der Waals surface area (Å²) in [7, 11) is 2.88. The number of methoxy groups -OCH3 is 2. The summed E-state index contributed by atoms with van der Waals surface area (Å²) in [5, 5.41) is 0. The normalized spacial score (nSPS) is 9.29. The number of para-hydroxylation sites is 1. The number of nitrogens with one attached hydrogen (secondary N) is 1. The number of hydrogen-bond donors (Lipinski definition) is 0. The molecule has 0 aliphatic heterocycles. The second-order valence-electron chi connectivity index (χ2n) is 2.38. The summed E-state index contributed by atoms with van der Waals surface area (Å²) in [5.41, 5.74) is 6.69. The lowest BCUT2D eigenvalue weighted by Gasteiger charge is -2.10. The van der Waals surface area contributed by atoms with Crippen molar-refractivity contribution in [3.8, 4) is 17.2 Å². The molecule has 0 unspecified atom stereocenters. The molecule has 75 valence electrons. The van der Waals surface area contributed by atoms with Crippen LogP contribution in [0.4, 0.5) is 4.79 Å². The van der Waals surface area contributed by atoms with Crippen molar-refractivity contribution in [2.24, 2.45) is 0 Å². The molecule has 0 saturated carbocycles. The van der Waals surface area contributed by atoms with Gasteiger partial charge in [-0.15, -0.1) is 0 Å². The number of ether oxygens (including phenoxy) is 3. The van der Waals surface area contributed by atoms with Crippen molar-refractivity contribution in [2.75, 3.05) is 14.2 Å². The standard InChI is InChI=1S/C9H10NO4/c1-12-6-4-3-5-7(13-2)8(6)14-9(10)11/h3-5,10H,1-2H3. The summed E-state index contributed by atoms with van der Waals surface area (Å²) in [6.45, 7) is 0. The molecule has 5 heteroatoms. The monoisotopic (exact) mass is 196 g/mol. The van der Waals surface area contributed by atoms with Gasteiger partial charge in [0.15, 0.2) is 11.5 Å². The summed E-state index contributed by atoms with van der Waals surface area (Å²) in [5.74, 6) is 0.826. The van der Waals surface area contributed by atoms with E-state index in [4.69, 9.17) is 15.2 Å². The highest BCUT2D eigenvalue weighted by atomic mass is 16.6. The van der Waals surface area contributed by atoms with Gasteiger partial charge in [-0.2, -0.15) is 0 Å². The molecular formula is C9H10NO4.